The van der Waals surface area contributed by atoms with Crippen LogP contribution in [-0.4, -0.2) is 41.8 Å². The predicted octanol–water partition coefficient (Wildman–Crippen LogP) is 2.57. The standard InChI is InChI=1S/C12H14ClNOS/c13-11-3-1-2-10(8-11)12(15)9-14-4-6-16-7-5-14/h1-3,8H,4-7,9H2. The molecule has 0 amide bonds. The number of halogens is 1. The first-order valence-electron chi connectivity index (χ1n) is 5.34. The van der Waals surface area contributed by atoms with Gasteiger partial charge >= 0.3 is 0 Å². The van der Waals surface area contributed by atoms with E-state index in [0.717, 1.165) is 24.6 Å². The van der Waals surface area contributed by atoms with Crippen LogP contribution in [0.2, 0.25) is 5.02 Å². The van der Waals surface area contributed by atoms with Crippen molar-refractivity contribution < 1.29 is 4.79 Å². The fraction of sp³-hybridized carbons (Fsp3) is 0.417. The van der Waals surface area contributed by atoms with E-state index in [1.807, 2.05) is 23.9 Å². The molecule has 86 valence electrons. The topological polar surface area (TPSA) is 20.3 Å². The first kappa shape index (κ1) is 12.0. The summed E-state index contributed by atoms with van der Waals surface area (Å²) in [6.07, 6.45) is 0. The van der Waals surface area contributed by atoms with Crippen molar-refractivity contribution >= 4 is 29.1 Å². The molecular formula is C12H14ClNOS. The van der Waals surface area contributed by atoms with E-state index in [9.17, 15) is 4.79 Å². The second kappa shape index (κ2) is 5.71. The van der Waals surface area contributed by atoms with Gasteiger partial charge in [-0.25, -0.2) is 0 Å². The summed E-state index contributed by atoms with van der Waals surface area (Å²) in [7, 11) is 0. The summed E-state index contributed by atoms with van der Waals surface area (Å²) in [4.78, 5) is 14.2. The third-order valence-corrected chi connectivity index (χ3v) is 3.80. The minimum atomic E-state index is 0.161. The zero-order valence-corrected chi connectivity index (χ0v) is 10.6. The molecular weight excluding hydrogens is 242 g/mol. The van der Waals surface area contributed by atoms with Crippen LogP contribution < -0.4 is 0 Å². The maximum absolute atomic E-state index is 12.0. The van der Waals surface area contributed by atoms with Gasteiger partial charge in [0.2, 0.25) is 0 Å². The molecule has 0 aromatic heterocycles. The second-order valence-corrected chi connectivity index (χ2v) is 5.48. The van der Waals surface area contributed by atoms with Gasteiger partial charge in [-0.1, -0.05) is 23.7 Å². The highest BCUT2D eigenvalue weighted by Crippen LogP contribution is 2.13. The van der Waals surface area contributed by atoms with Crippen molar-refractivity contribution in [1.29, 1.82) is 0 Å². The normalized spacial score (nSPS) is 17.3. The minimum absolute atomic E-state index is 0.161. The Morgan fingerprint density at radius 3 is 2.81 bits per heavy atom. The molecule has 1 heterocycles. The molecule has 1 aliphatic heterocycles. The van der Waals surface area contributed by atoms with Crippen LogP contribution in [0.4, 0.5) is 0 Å². The number of hydrogen-bond acceptors (Lipinski definition) is 3. The number of rotatable bonds is 3. The highest BCUT2D eigenvalue weighted by molar-refractivity contribution is 7.99. The molecule has 4 heteroatoms. The van der Waals surface area contributed by atoms with E-state index in [0.29, 0.717) is 17.1 Å². The summed E-state index contributed by atoms with van der Waals surface area (Å²) >= 11 is 7.81. The van der Waals surface area contributed by atoms with E-state index >= 15 is 0 Å². The van der Waals surface area contributed by atoms with Crippen LogP contribution in [0.25, 0.3) is 0 Å². The zero-order valence-electron chi connectivity index (χ0n) is 8.99. The Balaban J connectivity index is 1.97. The van der Waals surface area contributed by atoms with Gasteiger partial charge < -0.3 is 0 Å². The van der Waals surface area contributed by atoms with Gasteiger partial charge in [-0.15, -0.1) is 0 Å². The third kappa shape index (κ3) is 3.24. The molecule has 1 aromatic carbocycles. The Bertz CT molecular complexity index is 377. The number of ketones is 1. The van der Waals surface area contributed by atoms with Crippen molar-refractivity contribution in [2.24, 2.45) is 0 Å². The lowest BCUT2D eigenvalue weighted by molar-refractivity contribution is 0.0937. The van der Waals surface area contributed by atoms with Crippen molar-refractivity contribution in [3.63, 3.8) is 0 Å². The summed E-state index contributed by atoms with van der Waals surface area (Å²) in [5, 5.41) is 0.625. The predicted molar refractivity (Wildman–Crippen MR) is 69.5 cm³/mol. The lowest BCUT2D eigenvalue weighted by Gasteiger charge is -2.25. The second-order valence-electron chi connectivity index (χ2n) is 3.82. The molecule has 0 N–H and O–H groups in total. The van der Waals surface area contributed by atoms with Crippen molar-refractivity contribution in [3.05, 3.63) is 34.9 Å². The fourth-order valence-electron chi connectivity index (χ4n) is 1.72. The van der Waals surface area contributed by atoms with E-state index in [-0.39, 0.29) is 5.78 Å². The van der Waals surface area contributed by atoms with Gasteiger partial charge in [-0.2, -0.15) is 11.8 Å². The Morgan fingerprint density at radius 1 is 1.38 bits per heavy atom. The molecule has 2 nitrogen and oxygen atoms in total. The summed E-state index contributed by atoms with van der Waals surface area (Å²) in [5.41, 5.74) is 0.714. The van der Waals surface area contributed by atoms with Crippen LogP contribution in [0.3, 0.4) is 0 Å². The van der Waals surface area contributed by atoms with Crippen molar-refractivity contribution in [2.45, 2.75) is 0 Å². The van der Waals surface area contributed by atoms with Gasteiger partial charge in [0.1, 0.15) is 0 Å². The highest BCUT2D eigenvalue weighted by atomic mass is 35.5. The number of hydrogen-bond donors (Lipinski definition) is 0. The van der Waals surface area contributed by atoms with Gasteiger partial charge in [-0.05, 0) is 12.1 Å². The molecule has 0 unspecified atom stereocenters. The molecule has 0 saturated carbocycles. The van der Waals surface area contributed by atoms with E-state index in [2.05, 4.69) is 4.90 Å². The van der Waals surface area contributed by atoms with Crippen LogP contribution in [-0.2, 0) is 0 Å². The number of benzene rings is 1. The summed E-state index contributed by atoms with van der Waals surface area (Å²) in [6.45, 7) is 2.54. The highest BCUT2D eigenvalue weighted by Gasteiger charge is 2.15. The first-order valence-corrected chi connectivity index (χ1v) is 6.88. The molecule has 0 aliphatic carbocycles. The molecule has 16 heavy (non-hydrogen) atoms. The maximum atomic E-state index is 12.0. The van der Waals surface area contributed by atoms with Gasteiger partial charge in [0, 0.05) is 35.2 Å². The van der Waals surface area contributed by atoms with E-state index in [4.69, 9.17) is 11.6 Å². The first-order chi connectivity index (χ1) is 7.75. The van der Waals surface area contributed by atoms with E-state index in [1.165, 1.54) is 0 Å². The Labute approximate surface area is 105 Å². The number of thioether (sulfide) groups is 1. The maximum Gasteiger partial charge on any atom is 0.176 e. The van der Waals surface area contributed by atoms with Crippen LogP contribution in [0, 0.1) is 0 Å². The molecule has 2 rings (SSSR count). The van der Waals surface area contributed by atoms with Gasteiger partial charge in [0.25, 0.3) is 0 Å². The van der Waals surface area contributed by atoms with Gasteiger partial charge in [-0.3, -0.25) is 9.69 Å². The Kier molecular flexibility index (Phi) is 4.27. The summed E-state index contributed by atoms with van der Waals surface area (Å²) < 4.78 is 0. The fourth-order valence-corrected chi connectivity index (χ4v) is 2.88. The van der Waals surface area contributed by atoms with Crippen molar-refractivity contribution in [1.82, 2.24) is 4.90 Å². The quantitative estimate of drug-likeness (QED) is 0.775. The number of carbonyl (C=O) groups excluding carboxylic acids is 1. The Hall–Kier alpha value is -0.510. The summed E-state index contributed by atoms with van der Waals surface area (Å²) in [6, 6.07) is 7.17. The van der Waals surface area contributed by atoms with Gasteiger partial charge in [0.05, 0.1) is 6.54 Å². The largest absolute Gasteiger partial charge is 0.294 e. The third-order valence-electron chi connectivity index (χ3n) is 2.62. The Morgan fingerprint density at radius 2 is 2.12 bits per heavy atom. The molecule has 1 aromatic rings. The average Bonchev–Trinajstić information content (AvgIpc) is 2.30. The zero-order chi connectivity index (χ0) is 11.4. The monoisotopic (exact) mass is 255 g/mol. The molecule has 1 aliphatic rings. The average molecular weight is 256 g/mol. The molecule has 1 fully saturated rings. The molecule has 0 bridgehead atoms. The molecule has 0 atom stereocenters. The number of carbonyl (C=O) groups is 1. The summed E-state index contributed by atoms with van der Waals surface area (Å²) in [5.74, 6) is 2.42. The SMILES string of the molecule is O=C(CN1CCSCC1)c1cccc(Cl)c1. The lowest BCUT2D eigenvalue weighted by atomic mass is 10.1. The van der Waals surface area contributed by atoms with E-state index in [1.54, 1.807) is 12.1 Å². The van der Waals surface area contributed by atoms with Crippen LogP contribution in [0.5, 0.6) is 0 Å². The lowest BCUT2D eigenvalue weighted by Crippen LogP contribution is -2.36. The molecule has 0 radical (unpaired) electrons. The van der Waals surface area contributed by atoms with Gasteiger partial charge in [0.15, 0.2) is 5.78 Å². The molecule has 1 saturated heterocycles. The van der Waals surface area contributed by atoms with Crippen LogP contribution in [0.15, 0.2) is 24.3 Å². The molecule has 0 spiro atoms. The smallest absolute Gasteiger partial charge is 0.176 e. The van der Waals surface area contributed by atoms with E-state index < -0.39 is 0 Å². The number of Topliss-reactive ketones (excluding diaryl/α,β-unsaturated/α-hetero) is 1. The minimum Gasteiger partial charge on any atom is -0.294 e. The van der Waals surface area contributed by atoms with Crippen molar-refractivity contribution in [3.8, 4) is 0 Å². The van der Waals surface area contributed by atoms with Crippen LogP contribution in [0.1, 0.15) is 10.4 Å². The van der Waals surface area contributed by atoms with Crippen molar-refractivity contribution in [2.75, 3.05) is 31.1 Å². The van der Waals surface area contributed by atoms with Crippen LogP contribution >= 0.6 is 23.4 Å². The number of nitrogens with zero attached hydrogens (tertiary/aromatic N) is 1.